The van der Waals surface area contributed by atoms with Gasteiger partial charge in [0, 0.05) is 31.3 Å². The molecule has 0 aromatic heterocycles. The first-order valence-corrected chi connectivity index (χ1v) is 5.76. The van der Waals surface area contributed by atoms with E-state index in [1.54, 1.807) is 11.9 Å². The van der Waals surface area contributed by atoms with Gasteiger partial charge in [-0.2, -0.15) is 0 Å². The lowest BCUT2D eigenvalue weighted by Gasteiger charge is -2.20. The zero-order valence-electron chi connectivity index (χ0n) is 10.6. The fourth-order valence-electron chi connectivity index (χ4n) is 1.47. The Morgan fingerprint density at radius 2 is 2.18 bits per heavy atom. The number of benzene rings is 1. The summed E-state index contributed by atoms with van der Waals surface area (Å²) in [4.78, 5) is 13.5. The zero-order valence-corrected chi connectivity index (χ0v) is 10.6. The number of anilines is 1. The van der Waals surface area contributed by atoms with E-state index in [1.165, 1.54) is 0 Å². The van der Waals surface area contributed by atoms with Gasteiger partial charge in [0.05, 0.1) is 0 Å². The standard InChI is InChI=1S/C13H20N2O2/c1-10(2)13(16)15(3)11-5-4-6-12(9-11)17-8-7-14/h4-6,9-10H,7-8,14H2,1-3H3. The molecule has 0 bridgehead atoms. The Hall–Kier alpha value is -1.55. The van der Waals surface area contributed by atoms with Crippen molar-refractivity contribution in [2.24, 2.45) is 11.7 Å². The monoisotopic (exact) mass is 236 g/mol. The van der Waals surface area contributed by atoms with Crippen molar-refractivity contribution in [3.05, 3.63) is 24.3 Å². The quantitative estimate of drug-likeness (QED) is 0.845. The van der Waals surface area contributed by atoms with Crippen molar-refractivity contribution in [1.82, 2.24) is 0 Å². The molecule has 0 aliphatic rings. The van der Waals surface area contributed by atoms with Crippen molar-refractivity contribution in [2.45, 2.75) is 13.8 Å². The maximum Gasteiger partial charge on any atom is 0.229 e. The van der Waals surface area contributed by atoms with E-state index in [9.17, 15) is 4.79 Å². The van der Waals surface area contributed by atoms with E-state index in [0.29, 0.717) is 13.2 Å². The fraction of sp³-hybridized carbons (Fsp3) is 0.462. The lowest BCUT2D eigenvalue weighted by atomic mass is 10.2. The van der Waals surface area contributed by atoms with Gasteiger partial charge in [-0.05, 0) is 12.1 Å². The summed E-state index contributed by atoms with van der Waals surface area (Å²) in [6, 6.07) is 7.45. The lowest BCUT2D eigenvalue weighted by Crippen LogP contribution is -2.30. The van der Waals surface area contributed by atoms with E-state index >= 15 is 0 Å². The minimum absolute atomic E-state index is 0.0198. The molecule has 1 rings (SSSR count). The van der Waals surface area contributed by atoms with Gasteiger partial charge >= 0.3 is 0 Å². The van der Waals surface area contributed by atoms with Crippen LogP contribution in [0.25, 0.3) is 0 Å². The highest BCUT2D eigenvalue weighted by atomic mass is 16.5. The number of nitrogens with zero attached hydrogens (tertiary/aromatic N) is 1. The molecule has 0 saturated heterocycles. The summed E-state index contributed by atoms with van der Waals surface area (Å²) in [7, 11) is 1.77. The molecule has 0 atom stereocenters. The topological polar surface area (TPSA) is 55.6 Å². The number of hydrogen-bond donors (Lipinski definition) is 1. The van der Waals surface area contributed by atoms with E-state index in [2.05, 4.69) is 0 Å². The van der Waals surface area contributed by atoms with Crippen molar-refractivity contribution in [3.63, 3.8) is 0 Å². The average Bonchev–Trinajstić information content (AvgIpc) is 2.34. The second kappa shape index (κ2) is 6.25. The summed E-state index contributed by atoms with van der Waals surface area (Å²) in [5.41, 5.74) is 6.20. The summed E-state index contributed by atoms with van der Waals surface area (Å²) < 4.78 is 5.42. The van der Waals surface area contributed by atoms with Crippen LogP contribution in [-0.2, 0) is 4.79 Å². The summed E-state index contributed by atoms with van der Waals surface area (Å²) >= 11 is 0. The normalized spacial score (nSPS) is 10.4. The molecule has 2 N–H and O–H groups in total. The third-order valence-corrected chi connectivity index (χ3v) is 2.42. The van der Waals surface area contributed by atoms with Gasteiger partial charge in [0.25, 0.3) is 0 Å². The highest BCUT2D eigenvalue weighted by Crippen LogP contribution is 2.21. The van der Waals surface area contributed by atoms with Crippen molar-refractivity contribution < 1.29 is 9.53 Å². The largest absolute Gasteiger partial charge is 0.492 e. The van der Waals surface area contributed by atoms with Crippen LogP contribution in [0.5, 0.6) is 5.75 Å². The Morgan fingerprint density at radius 3 is 2.76 bits per heavy atom. The number of carbonyl (C=O) groups is 1. The fourth-order valence-corrected chi connectivity index (χ4v) is 1.47. The van der Waals surface area contributed by atoms with Crippen LogP contribution in [-0.4, -0.2) is 26.1 Å². The number of carbonyl (C=O) groups excluding carboxylic acids is 1. The second-order valence-corrected chi connectivity index (χ2v) is 4.19. The first-order chi connectivity index (χ1) is 8.06. The zero-order chi connectivity index (χ0) is 12.8. The van der Waals surface area contributed by atoms with Crippen LogP contribution in [0, 0.1) is 5.92 Å². The van der Waals surface area contributed by atoms with E-state index in [1.807, 2.05) is 38.1 Å². The van der Waals surface area contributed by atoms with Crippen molar-refractivity contribution in [2.75, 3.05) is 25.1 Å². The van der Waals surface area contributed by atoms with Gasteiger partial charge in [-0.1, -0.05) is 19.9 Å². The molecule has 1 aromatic carbocycles. The number of nitrogens with two attached hydrogens (primary N) is 1. The molecule has 0 unspecified atom stereocenters. The summed E-state index contributed by atoms with van der Waals surface area (Å²) in [5.74, 6) is 0.797. The second-order valence-electron chi connectivity index (χ2n) is 4.19. The van der Waals surface area contributed by atoms with Crippen LogP contribution in [0.2, 0.25) is 0 Å². The minimum atomic E-state index is -0.0198. The van der Waals surface area contributed by atoms with Crippen LogP contribution in [0.4, 0.5) is 5.69 Å². The first kappa shape index (κ1) is 13.5. The number of ether oxygens (including phenoxy) is 1. The van der Waals surface area contributed by atoms with E-state index in [-0.39, 0.29) is 11.8 Å². The van der Waals surface area contributed by atoms with E-state index < -0.39 is 0 Å². The molecule has 0 saturated carbocycles. The van der Waals surface area contributed by atoms with Gasteiger partial charge in [-0.3, -0.25) is 4.79 Å². The SMILES string of the molecule is CC(C)C(=O)N(C)c1cccc(OCCN)c1. The summed E-state index contributed by atoms with van der Waals surface area (Å²) in [6.07, 6.45) is 0. The van der Waals surface area contributed by atoms with E-state index in [4.69, 9.17) is 10.5 Å². The molecule has 0 spiro atoms. The third kappa shape index (κ3) is 3.75. The molecule has 4 heteroatoms. The van der Waals surface area contributed by atoms with Crippen LogP contribution >= 0.6 is 0 Å². The molecule has 0 aliphatic carbocycles. The third-order valence-electron chi connectivity index (χ3n) is 2.42. The summed E-state index contributed by atoms with van der Waals surface area (Å²) in [6.45, 7) is 4.72. The number of rotatable bonds is 5. The molecular formula is C13H20N2O2. The smallest absolute Gasteiger partial charge is 0.229 e. The van der Waals surface area contributed by atoms with Crippen LogP contribution < -0.4 is 15.4 Å². The molecule has 0 aliphatic heterocycles. The minimum Gasteiger partial charge on any atom is -0.492 e. The van der Waals surface area contributed by atoms with E-state index in [0.717, 1.165) is 11.4 Å². The number of hydrogen-bond acceptors (Lipinski definition) is 3. The van der Waals surface area contributed by atoms with Crippen molar-refractivity contribution >= 4 is 11.6 Å². The highest BCUT2D eigenvalue weighted by Gasteiger charge is 2.14. The van der Waals surface area contributed by atoms with Gasteiger partial charge < -0.3 is 15.4 Å². The van der Waals surface area contributed by atoms with Gasteiger partial charge in [0.1, 0.15) is 12.4 Å². The highest BCUT2D eigenvalue weighted by molar-refractivity contribution is 5.94. The Bertz CT molecular complexity index is 377. The molecule has 17 heavy (non-hydrogen) atoms. The molecule has 1 aromatic rings. The predicted molar refractivity (Wildman–Crippen MR) is 69.2 cm³/mol. The molecule has 4 nitrogen and oxygen atoms in total. The first-order valence-electron chi connectivity index (χ1n) is 5.76. The van der Waals surface area contributed by atoms with Gasteiger partial charge in [-0.15, -0.1) is 0 Å². The maximum atomic E-state index is 11.8. The molecular weight excluding hydrogens is 216 g/mol. The predicted octanol–water partition coefficient (Wildman–Crippen LogP) is 1.64. The summed E-state index contributed by atoms with van der Waals surface area (Å²) in [5, 5.41) is 0. The van der Waals surface area contributed by atoms with Gasteiger partial charge in [0.2, 0.25) is 5.91 Å². The Balaban J connectivity index is 2.80. The molecule has 0 heterocycles. The maximum absolute atomic E-state index is 11.8. The molecule has 94 valence electrons. The average molecular weight is 236 g/mol. The van der Waals surface area contributed by atoms with Gasteiger partial charge in [0.15, 0.2) is 0 Å². The molecule has 0 radical (unpaired) electrons. The Labute approximate surface area is 102 Å². The Morgan fingerprint density at radius 1 is 1.47 bits per heavy atom. The molecule has 0 fully saturated rings. The van der Waals surface area contributed by atoms with Crippen molar-refractivity contribution in [3.8, 4) is 5.75 Å². The van der Waals surface area contributed by atoms with Crippen molar-refractivity contribution in [1.29, 1.82) is 0 Å². The molecule has 1 amide bonds. The number of amides is 1. The van der Waals surface area contributed by atoms with Gasteiger partial charge in [-0.25, -0.2) is 0 Å². The lowest BCUT2D eigenvalue weighted by molar-refractivity contribution is -0.121. The Kier molecular flexibility index (Phi) is 4.97. The van der Waals surface area contributed by atoms with Crippen LogP contribution in [0.15, 0.2) is 24.3 Å². The van der Waals surface area contributed by atoms with Crippen LogP contribution in [0.1, 0.15) is 13.8 Å². The van der Waals surface area contributed by atoms with Crippen LogP contribution in [0.3, 0.4) is 0 Å².